The third kappa shape index (κ3) is 2.56. The van der Waals surface area contributed by atoms with Gasteiger partial charge in [-0.1, -0.05) is 17.7 Å². The minimum absolute atomic E-state index is 0.443. The van der Waals surface area contributed by atoms with Crippen molar-refractivity contribution in [1.82, 2.24) is 5.32 Å². The molecule has 1 atom stereocenters. The first-order valence-corrected chi connectivity index (χ1v) is 7.55. The predicted octanol–water partition coefficient (Wildman–Crippen LogP) is 2.96. The first-order valence-electron chi connectivity index (χ1n) is 7.55. The molecule has 0 amide bonds. The van der Waals surface area contributed by atoms with E-state index in [2.05, 4.69) is 38.2 Å². The van der Waals surface area contributed by atoms with Crippen LogP contribution in [0.2, 0.25) is 0 Å². The van der Waals surface area contributed by atoms with Gasteiger partial charge in [-0.2, -0.15) is 0 Å². The van der Waals surface area contributed by atoms with Gasteiger partial charge in [0.25, 0.3) is 0 Å². The largest absolute Gasteiger partial charge is 0.384 e. The molecular formula is C17H25NO. The van der Waals surface area contributed by atoms with E-state index in [0.717, 1.165) is 12.8 Å². The van der Waals surface area contributed by atoms with Crippen molar-refractivity contribution in [3.05, 3.63) is 34.4 Å². The van der Waals surface area contributed by atoms with Crippen molar-refractivity contribution >= 4 is 0 Å². The van der Waals surface area contributed by atoms with Gasteiger partial charge in [0.15, 0.2) is 0 Å². The summed E-state index contributed by atoms with van der Waals surface area (Å²) in [5, 5.41) is 14.8. The van der Waals surface area contributed by atoms with Crippen molar-refractivity contribution in [1.29, 1.82) is 0 Å². The average Bonchev–Trinajstić information content (AvgIpc) is 3.16. The van der Waals surface area contributed by atoms with Crippen molar-refractivity contribution in [3.63, 3.8) is 0 Å². The summed E-state index contributed by atoms with van der Waals surface area (Å²) in [4.78, 5) is 0. The number of rotatable bonds is 5. The molecule has 2 fully saturated rings. The Morgan fingerprint density at radius 3 is 2.16 bits per heavy atom. The summed E-state index contributed by atoms with van der Waals surface area (Å²) in [6, 6.07) is 5.05. The van der Waals surface area contributed by atoms with Crippen molar-refractivity contribution in [3.8, 4) is 0 Å². The lowest BCUT2D eigenvalue weighted by atomic mass is 9.82. The molecule has 2 aliphatic carbocycles. The van der Waals surface area contributed by atoms with Crippen LogP contribution in [0.1, 0.15) is 47.9 Å². The molecule has 0 saturated heterocycles. The maximum absolute atomic E-state index is 11.3. The highest BCUT2D eigenvalue weighted by Crippen LogP contribution is 2.47. The van der Waals surface area contributed by atoms with Crippen LogP contribution in [0.5, 0.6) is 0 Å². The molecule has 2 nitrogen and oxygen atoms in total. The molecule has 0 aromatic heterocycles. The SMILES string of the molecule is Cc1cc(C)c(C(O)(CNC2CC2)C2CC2)c(C)c1. The van der Waals surface area contributed by atoms with E-state index < -0.39 is 5.60 Å². The minimum Gasteiger partial charge on any atom is -0.384 e. The second-order valence-corrected chi connectivity index (χ2v) is 6.63. The van der Waals surface area contributed by atoms with E-state index in [1.807, 2.05) is 0 Å². The van der Waals surface area contributed by atoms with Crippen LogP contribution in [-0.2, 0) is 5.60 Å². The number of hydrogen-bond donors (Lipinski definition) is 2. The molecule has 2 aliphatic rings. The Kier molecular flexibility index (Phi) is 3.18. The summed E-state index contributed by atoms with van der Waals surface area (Å²) in [6.07, 6.45) is 4.87. The fourth-order valence-corrected chi connectivity index (χ4v) is 3.45. The molecule has 104 valence electrons. The van der Waals surface area contributed by atoms with Crippen LogP contribution >= 0.6 is 0 Å². The number of benzene rings is 1. The maximum Gasteiger partial charge on any atom is 0.105 e. The Bertz CT molecular complexity index is 465. The van der Waals surface area contributed by atoms with E-state index in [1.165, 1.54) is 35.1 Å². The normalized spacial score (nSPS) is 22.3. The zero-order valence-electron chi connectivity index (χ0n) is 12.3. The summed E-state index contributed by atoms with van der Waals surface area (Å²) >= 11 is 0. The van der Waals surface area contributed by atoms with Crippen molar-refractivity contribution in [2.24, 2.45) is 5.92 Å². The summed E-state index contributed by atoms with van der Waals surface area (Å²) in [5.74, 6) is 0.443. The van der Waals surface area contributed by atoms with Crippen molar-refractivity contribution in [2.45, 2.75) is 58.1 Å². The Morgan fingerprint density at radius 2 is 1.68 bits per heavy atom. The fourth-order valence-electron chi connectivity index (χ4n) is 3.45. The lowest BCUT2D eigenvalue weighted by Crippen LogP contribution is -2.42. The summed E-state index contributed by atoms with van der Waals surface area (Å²) in [7, 11) is 0. The van der Waals surface area contributed by atoms with E-state index in [9.17, 15) is 5.11 Å². The van der Waals surface area contributed by atoms with Gasteiger partial charge in [-0.25, -0.2) is 0 Å². The molecular weight excluding hydrogens is 234 g/mol. The van der Waals surface area contributed by atoms with Crippen LogP contribution in [0.3, 0.4) is 0 Å². The molecule has 1 unspecified atom stereocenters. The monoisotopic (exact) mass is 259 g/mol. The molecule has 2 saturated carbocycles. The van der Waals surface area contributed by atoms with Gasteiger partial charge < -0.3 is 10.4 Å². The molecule has 2 heteroatoms. The smallest absolute Gasteiger partial charge is 0.105 e. The van der Waals surface area contributed by atoms with E-state index >= 15 is 0 Å². The lowest BCUT2D eigenvalue weighted by Gasteiger charge is -2.32. The van der Waals surface area contributed by atoms with Crippen molar-refractivity contribution < 1.29 is 5.11 Å². The maximum atomic E-state index is 11.3. The first-order chi connectivity index (χ1) is 9.00. The van der Waals surface area contributed by atoms with Gasteiger partial charge in [0.05, 0.1) is 0 Å². The Morgan fingerprint density at radius 1 is 1.11 bits per heavy atom. The van der Waals surface area contributed by atoms with Gasteiger partial charge in [0, 0.05) is 12.6 Å². The molecule has 0 spiro atoms. The molecule has 19 heavy (non-hydrogen) atoms. The molecule has 2 N–H and O–H groups in total. The lowest BCUT2D eigenvalue weighted by molar-refractivity contribution is 0.0119. The van der Waals surface area contributed by atoms with E-state index in [4.69, 9.17) is 0 Å². The van der Waals surface area contributed by atoms with E-state index in [1.54, 1.807) is 0 Å². The van der Waals surface area contributed by atoms with Gasteiger partial charge >= 0.3 is 0 Å². The third-order valence-corrected chi connectivity index (χ3v) is 4.60. The highest BCUT2D eigenvalue weighted by atomic mass is 16.3. The quantitative estimate of drug-likeness (QED) is 0.852. The Hall–Kier alpha value is -0.860. The van der Waals surface area contributed by atoms with Crippen LogP contribution in [0.15, 0.2) is 12.1 Å². The topological polar surface area (TPSA) is 32.3 Å². The minimum atomic E-state index is -0.662. The third-order valence-electron chi connectivity index (χ3n) is 4.60. The summed E-state index contributed by atoms with van der Waals surface area (Å²) in [5.41, 5.74) is 4.28. The predicted molar refractivity (Wildman–Crippen MR) is 78.3 cm³/mol. The number of hydrogen-bond acceptors (Lipinski definition) is 2. The van der Waals surface area contributed by atoms with Crippen LogP contribution < -0.4 is 5.32 Å². The summed E-state index contributed by atoms with van der Waals surface area (Å²) < 4.78 is 0. The standard InChI is InChI=1S/C17H25NO/c1-11-8-12(2)16(13(3)9-11)17(19,14-4-5-14)10-18-15-6-7-15/h8-9,14-15,18-19H,4-7,10H2,1-3H3. The number of nitrogens with one attached hydrogen (secondary N) is 1. The Labute approximate surface area is 116 Å². The van der Waals surface area contributed by atoms with Gasteiger partial charge in [0.2, 0.25) is 0 Å². The second kappa shape index (κ2) is 4.60. The average molecular weight is 259 g/mol. The molecule has 3 rings (SSSR count). The van der Waals surface area contributed by atoms with Crippen LogP contribution in [0, 0.1) is 26.7 Å². The van der Waals surface area contributed by atoms with E-state index in [-0.39, 0.29) is 0 Å². The highest BCUT2D eigenvalue weighted by Gasteiger charge is 2.46. The van der Waals surface area contributed by atoms with Crippen LogP contribution in [0.25, 0.3) is 0 Å². The van der Waals surface area contributed by atoms with Crippen LogP contribution in [-0.4, -0.2) is 17.7 Å². The molecule has 0 bridgehead atoms. The van der Waals surface area contributed by atoms with Gasteiger partial charge in [-0.15, -0.1) is 0 Å². The van der Waals surface area contributed by atoms with Crippen LogP contribution in [0.4, 0.5) is 0 Å². The number of aliphatic hydroxyl groups is 1. The van der Waals surface area contributed by atoms with E-state index in [0.29, 0.717) is 18.5 Å². The van der Waals surface area contributed by atoms with Gasteiger partial charge in [0.1, 0.15) is 5.60 Å². The van der Waals surface area contributed by atoms with Gasteiger partial charge in [-0.3, -0.25) is 0 Å². The molecule has 1 aromatic rings. The zero-order valence-corrected chi connectivity index (χ0v) is 12.3. The Balaban J connectivity index is 1.94. The first kappa shape index (κ1) is 13.1. The molecule has 1 aromatic carbocycles. The molecule has 0 heterocycles. The van der Waals surface area contributed by atoms with Gasteiger partial charge in [-0.05, 0) is 69.1 Å². The fraction of sp³-hybridized carbons (Fsp3) is 0.647. The molecule has 0 radical (unpaired) electrons. The zero-order chi connectivity index (χ0) is 13.6. The summed E-state index contributed by atoms with van der Waals surface area (Å²) in [6.45, 7) is 7.12. The number of aryl methyl sites for hydroxylation is 3. The second-order valence-electron chi connectivity index (χ2n) is 6.63. The van der Waals surface area contributed by atoms with Crippen molar-refractivity contribution in [2.75, 3.05) is 6.54 Å². The highest BCUT2D eigenvalue weighted by molar-refractivity contribution is 5.42. The molecule has 0 aliphatic heterocycles.